The Bertz CT molecular complexity index is 1370. The van der Waals surface area contributed by atoms with Gasteiger partial charge in [0.15, 0.2) is 5.16 Å². The average molecular weight is 480 g/mol. The lowest BCUT2D eigenvalue weighted by Gasteiger charge is -2.13. The number of furan rings is 1. The Kier molecular flexibility index (Phi) is 7.38. The lowest BCUT2D eigenvalue weighted by atomic mass is 10.1. The van der Waals surface area contributed by atoms with Gasteiger partial charge in [0.2, 0.25) is 11.5 Å². The standard InChI is InChI=1S/C26H29N3O4S/c1-16(2)32-11-7-10-29-25(31)24-23(20-8-5-6-9-21(20)33-24)28-26(29)34-15-22(30)27-19-13-17(3)12-18(4)14-19/h5-6,8-9,12-14,16H,7,10-11,15H2,1-4H3,(H,27,30). The first-order chi connectivity index (χ1) is 16.3. The average Bonchev–Trinajstić information content (AvgIpc) is 3.14. The Morgan fingerprint density at radius 1 is 1.18 bits per heavy atom. The molecule has 0 aliphatic heterocycles. The van der Waals surface area contributed by atoms with Crippen molar-refractivity contribution in [3.8, 4) is 0 Å². The third-order valence-corrected chi connectivity index (χ3v) is 6.24. The molecule has 0 saturated carbocycles. The van der Waals surface area contributed by atoms with E-state index in [4.69, 9.17) is 14.1 Å². The van der Waals surface area contributed by atoms with E-state index in [-0.39, 0.29) is 28.9 Å². The second-order valence-electron chi connectivity index (χ2n) is 8.61. The number of rotatable bonds is 9. The lowest BCUT2D eigenvalue weighted by molar-refractivity contribution is -0.113. The molecular weight excluding hydrogens is 450 g/mol. The number of amides is 1. The molecule has 0 bridgehead atoms. The molecule has 0 atom stereocenters. The summed E-state index contributed by atoms with van der Waals surface area (Å²) in [6.45, 7) is 8.89. The molecule has 8 heteroatoms. The van der Waals surface area contributed by atoms with E-state index in [2.05, 4.69) is 11.4 Å². The second kappa shape index (κ2) is 10.4. The van der Waals surface area contributed by atoms with E-state index in [0.717, 1.165) is 22.2 Å². The molecule has 0 fully saturated rings. The van der Waals surface area contributed by atoms with Gasteiger partial charge in [-0.2, -0.15) is 0 Å². The summed E-state index contributed by atoms with van der Waals surface area (Å²) in [5.41, 5.74) is 4.05. The summed E-state index contributed by atoms with van der Waals surface area (Å²) in [7, 11) is 0. The molecule has 2 aromatic heterocycles. The number of thioether (sulfide) groups is 1. The predicted molar refractivity (Wildman–Crippen MR) is 137 cm³/mol. The normalized spacial score (nSPS) is 11.6. The van der Waals surface area contributed by atoms with Crippen LogP contribution in [0.3, 0.4) is 0 Å². The number of nitrogens with zero attached hydrogens (tertiary/aromatic N) is 2. The summed E-state index contributed by atoms with van der Waals surface area (Å²) in [5, 5.41) is 4.21. The molecule has 0 saturated heterocycles. The Morgan fingerprint density at radius 3 is 2.65 bits per heavy atom. The topological polar surface area (TPSA) is 86.4 Å². The van der Waals surface area contributed by atoms with Gasteiger partial charge >= 0.3 is 0 Å². The molecule has 34 heavy (non-hydrogen) atoms. The van der Waals surface area contributed by atoms with Gasteiger partial charge in [0.25, 0.3) is 5.56 Å². The van der Waals surface area contributed by atoms with Crippen LogP contribution in [0.15, 0.2) is 56.8 Å². The Morgan fingerprint density at radius 2 is 1.91 bits per heavy atom. The first-order valence-electron chi connectivity index (χ1n) is 11.4. The zero-order chi connectivity index (χ0) is 24.2. The number of anilines is 1. The van der Waals surface area contributed by atoms with Gasteiger partial charge in [-0.1, -0.05) is 30.0 Å². The maximum atomic E-state index is 13.3. The van der Waals surface area contributed by atoms with Gasteiger partial charge in [-0.15, -0.1) is 0 Å². The number of carbonyl (C=O) groups is 1. The maximum absolute atomic E-state index is 13.3. The van der Waals surface area contributed by atoms with E-state index in [0.29, 0.717) is 35.8 Å². The molecular formula is C26H29N3O4S. The fourth-order valence-corrected chi connectivity index (χ4v) is 4.69. The number of nitrogens with one attached hydrogen (secondary N) is 1. The van der Waals surface area contributed by atoms with Crippen molar-refractivity contribution in [3.05, 3.63) is 63.9 Å². The summed E-state index contributed by atoms with van der Waals surface area (Å²) in [5.74, 6) is -0.0282. The highest BCUT2D eigenvalue weighted by Crippen LogP contribution is 2.27. The van der Waals surface area contributed by atoms with Gasteiger partial charge in [0.1, 0.15) is 11.1 Å². The zero-order valence-electron chi connectivity index (χ0n) is 19.9. The molecule has 2 aromatic carbocycles. The molecule has 178 valence electrons. The molecule has 0 radical (unpaired) electrons. The van der Waals surface area contributed by atoms with E-state index in [1.54, 1.807) is 4.57 Å². The van der Waals surface area contributed by atoms with Crippen molar-refractivity contribution in [3.63, 3.8) is 0 Å². The number of benzene rings is 2. The molecule has 0 aliphatic rings. The van der Waals surface area contributed by atoms with Crippen LogP contribution in [-0.2, 0) is 16.1 Å². The Hall–Kier alpha value is -3.10. The van der Waals surface area contributed by atoms with E-state index in [9.17, 15) is 9.59 Å². The van der Waals surface area contributed by atoms with Crippen molar-refractivity contribution < 1.29 is 13.9 Å². The summed E-state index contributed by atoms with van der Waals surface area (Å²) >= 11 is 1.25. The van der Waals surface area contributed by atoms with Crippen LogP contribution < -0.4 is 10.9 Å². The Labute approximate surface area is 202 Å². The van der Waals surface area contributed by atoms with Crippen molar-refractivity contribution >= 4 is 45.4 Å². The van der Waals surface area contributed by atoms with Crippen molar-refractivity contribution in [2.45, 2.75) is 51.9 Å². The number of para-hydroxylation sites is 1. The highest BCUT2D eigenvalue weighted by atomic mass is 32.2. The highest BCUT2D eigenvalue weighted by molar-refractivity contribution is 7.99. The molecule has 1 amide bonds. The first kappa shape index (κ1) is 24.0. The van der Waals surface area contributed by atoms with Gasteiger partial charge in [0, 0.05) is 24.2 Å². The van der Waals surface area contributed by atoms with Gasteiger partial charge in [-0.3, -0.25) is 14.2 Å². The zero-order valence-corrected chi connectivity index (χ0v) is 20.7. The van der Waals surface area contributed by atoms with E-state index >= 15 is 0 Å². The van der Waals surface area contributed by atoms with E-state index < -0.39 is 0 Å². The number of ether oxygens (including phenoxy) is 1. The predicted octanol–water partition coefficient (Wildman–Crippen LogP) is 5.31. The van der Waals surface area contributed by atoms with Crippen LogP contribution in [0.2, 0.25) is 0 Å². The van der Waals surface area contributed by atoms with Crippen LogP contribution in [-0.4, -0.2) is 33.9 Å². The Balaban J connectivity index is 1.60. The molecule has 1 N–H and O–H groups in total. The molecule has 4 rings (SSSR count). The van der Waals surface area contributed by atoms with Crippen LogP contribution in [0.5, 0.6) is 0 Å². The second-order valence-corrected chi connectivity index (χ2v) is 9.56. The number of carbonyl (C=O) groups excluding carboxylic acids is 1. The monoisotopic (exact) mass is 479 g/mol. The summed E-state index contributed by atoms with van der Waals surface area (Å²) in [4.78, 5) is 30.8. The fourth-order valence-electron chi connectivity index (χ4n) is 3.88. The number of hydrogen-bond donors (Lipinski definition) is 1. The van der Waals surface area contributed by atoms with Crippen molar-refractivity contribution in [2.24, 2.45) is 0 Å². The van der Waals surface area contributed by atoms with Crippen LogP contribution in [0.25, 0.3) is 22.1 Å². The summed E-state index contributed by atoms with van der Waals surface area (Å²) < 4.78 is 13.1. The highest BCUT2D eigenvalue weighted by Gasteiger charge is 2.18. The fraction of sp³-hybridized carbons (Fsp3) is 0.346. The van der Waals surface area contributed by atoms with Crippen molar-refractivity contribution in [1.29, 1.82) is 0 Å². The van der Waals surface area contributed by atoms with E-state index in [1.807, 2.05) is 64.1 Å². The maximum Gasteiger partial charge on any atom is 0.297 e. The van der Waals surface area contributed by atoms with E-state index in [1.165, 1.54) is 11.8 Å². The minimum atomic E-state index is -0.247. The van der Waals surface area contributed by atoms with Gasteiger partial charge in [0.05, 0.1) is 11.9 Å². The first-order valence-corrected chi connectivity index (χ1v) is 12.3. The van der Waals surface area contributed by atoms with Crippen LogP contribution in [0, 0.1) is 13.8 Å². The molecule has 0 aliphatic carbocycles. The largest absolute Gasteiger partial charge is 0.448 e. The van der Waals surface area contributed by atoms with Crippen LogP contribution in [0.1, 0.15) is 31.4 Å². The third-order valence-electron chi connectivity index (χ3n) is 5.26. The number of aryl methyl sites for hydroxylation is 2. The quantitative estimate of drug-likeness (QED) is 0.199. The lowest BCUT2D eigenvalue weighted by Crippen LogP contribution is -2.24. The van der Waals surface area contributed by atoms with Gasteiger partial charge in [-0.25, -0.2) is 4.98 Å². The molecule has 2 heterocycles. The third kappa shape index (κ3) is 5.51. The minimum Gasteiger partial charge on any atom is -0.448 e. The molecule has 7 nitrogen and oxygen atoms in total. The number of aromatic nitrogens is 2. The summed E-state index contributed by atoms with van der Waals surface area (Å²) in [6, 6.07) is 13.4. The van der Waals surface area contributed by atoms with Gasteiger partial charge < -0.3 is 14.5 Å². The van der Waals surface area contributed by atoms with Gasteiger partial charge in [-0.05, 0) is 69.5 Å². The minimum absolute atomic E-state index is 0.121. The van der Waals surface area contributed by atoms with Crippen molar-refractivity contribution in [2.75, 3.05) is 17.7 Å². The molecule has 0 spiro atoms. The van der Waals surface area contributed by atoms with Crippen LogP contribution in [0.4, 0.5) is 5.69 Å². The molecule has 4 aromatic rings. The smallest absolute Gasteiger partial charge is 0.297 e. The molecule has 0 unspecified atom stereocenters. The number of fused-ring (bicyclic) bond motifs is 3. The van der Waals surface area contributed by atoms with Crippen molar-refractivity contribution in [1.82, 2.24) is 9.55 Å². The summed E-state index contributed by atoms with van der Waals surface area (Å²) in [6.07, 6.45) is 0.767. The van der Waals surface area contributed by atoms with Crippen LogP contribution >= 0.6 is 11.8 Å². The SMILES string of the molecule is Cc1cc(C)cc(NC(=O)CSc2nc3c(oc4ccccc43)c(=O)n2CCCOC(C)C)c1. The number of hydrogen-bond acceptors (Lipinski definition) is 6.